The second-order valence-electron chi connectivity index (χ2n) is 8.34. The highest BCUT2D eigenvalue weighted by molar-refractivity contribution is 7.18. The zero-order chi connectivity index (χ0) is 20.0. The van der Waals surface area contributed by atoms with Crippen LogP contribution >= 0.6 is 11.3 Å². The third-order valence-corrected chi connectivity index (χ3v) is 7.79. The maximum Gasteiger partial charge on any atom is 0.233 e. The number of carbonyl (C=O) groups is 3. The summed E-state index contributed by atoms with van der Waals surface area (Å²) < 4.78 is 1.14. The van der Waals surface area contributed by atoms with E-state index in [-0.39, 0.29) is 48.6 Å². The number of nitrogens with zero attached hydrogens (tertiary/aromatic N) is 3. The quantitative estimate of drug-likeness (QED) is 0.722. The van der Waals surface area contributed by atoms with Crippen LogP contribution in [0.5, 0.6) is 0 Å². The maximum absolute atomic E-state index is 13.0. The van der Waals surface area contributed by atoms with Crippen LogP contribution < -0.4 is 0 Å². The lowest BCUT2D eigenvalue weighted by Gasteiger charge is -2.24. The number of carbonyl (C=O) groups excluding carboxylic acids is 3. The first-order chi connectivity index (χ1) is 14.1. The van der Waals surface area contributed by atoms with Crippen LogP contribution in [-0.2, 0) is 14.4 Å². The van der Waals surface area contributed by atoms with E-state index >= 15 is 0 Å². The molecule has 1 aliphatic carbocycles. The molecular formula is C22H25N3O3S. The molecule has 5 rings (SSSR count). The van der Waals surface area contributed by atoms with Crippen LogP contribution in [0.25, 0.3) is 10.2 Å². The van der Waals surface area contributed by atoms with Gasteiger partial charge in [-0.15, -0.1) is 11.3 Å². The van der Waals surface area contributed by atoms with E-state index < -0.39 is 0 Å². The zero-order valence-electron chi connectivity index (χ0n) is 16.4. The molecule has 1 aromatic carbocycles. The van der Waals surface area contributed by atoms with E-state index in [0.29, 0.717) is 6.54 Å². The number of imide groups is 1. The van der Waals surface area contributed by atoms with Gasteiger partial charge in [0.25, 0.3) is 0 Å². The zero-order valence-corrected chi connectivity index (χ0v) is 17.2. The lowest BCUT2D eigenvalue weighted by atomic mass is 9.81. The standard InChI is InChI=1S/C22H25N3O3S/c26-19(11-13-25-21(27)14-6-1-2-7-15(14)22(25)28)24-12-5-9-17(24)20-23-16-8-3-4-10-18(16)29-20/h3-4,8,10,14-15,17H,1-2,5-7,9,11-13H2/t14-,15-,17-/m1/s1. The van der Waals surface area contributed by atoms with Gasteiger partial charge in [0.1, 0.15) is 5.01 Å². The Kier molecular flexibility index (Phi) is 4.86. The van der Waals surface area contributed by atoms with Crippen molar-refractivity contribution in [2.45, 2.75) is 51.0 Å². The van der Waals surface area contributed by atoms with E-state index in [1.165, 1.54) is 4.90 Å². The fraction of sp³-hybridized carbons (Fsp3) is 0.545. The Bertz CT molecular complexity index is 914. The molecule has 0 unspecified atom stereocenters. The van der Waals surface area contributed by atoms with Crippen molar-refractivity contribution in [3.05, 3.63) is 29.3 Å². The highest BCUT2D eigenvalue weighted by Crippen LogP contribution is 2.39. The van der Waals surface area contributed by atoms with Gasteiger partial charge in [-0.1, -0.05) is 25.0 Å². The highest BCUT2D eigenvalue weighted by Gasteiger charge is 2.48. The summed E-state index contributed by atoms with van der Waals surface area (Å²) >= 11 is 1.65. The van der Waals surface area contributed by atoms with Crippen molar-refractivity contribution < 1.29 is 14.4 Å². The maximum atomic E-state index is 13.0. The van der Waals surface area contributed by atoms with E-state index in [9.17, 15) is 14.4 Å². The molecule has 3 amide bonds. The van der Waals surface area contributed by atoms with Crippen LogP contribution in [0.15, 0.2) is 24.3 Å². The number of amides is 3. The van der Waals surface area contributed by atoms with Crippen molar-refractivity contribution in [3.63, 3.8) is 0 Å². The average Bonchev–Trinajstić information content (AvgIpc) is 3.44. The third kappa shape index (κ3) is 3.25. The summed E-state index contributed by atoms with van der Waals surface area (Å²) in [5.41, 5.74) is 0.975. The number of likely N-dealkylation sites (tertiary alicyclic amines) is 2. The Morgan fingerprint density at radius 3 is 2.48 bits per heavy atom. The highest BCUT2D eigenvalue weighted by atomic mass is 32.1. The largest absolute Gasteiger partial charge is 0.333 e. The first-order valence-electron chi connectivity index (χ1n) is 10.6. The van der Waals surface area contributed by atoms with Gasteiger partial charge in [0.15, 0.2) is 0 Å². The van der Waals surface area contributed by atoms with Crippen LogP contribution in [0.2, 0.25) is 0 Å². The second-order valence-corrected chi connectivity index (χ2v) is 9.40. The van der Waals surface area contributed by atoms with Crippen LogP contribution in [0.3, 0.4) is 0 Å². The lowest BCUT2D eigenvalue weighted by Crippen LogP contribution is -2.37. The van der Waals surface area contributed by atoms with E-state index in [4.69, 9.17) is 4.98 Å². The second kappa shape index (κ2) is 7.52. The molecule has 0 bridgehead atoms. The first-order valence-corrected chi connectivity index (χ1v) is 11.5. The predicted octanol–water partition coefficient (Wildman–Crippen LogP) is 3.53. The molecule has 0 radical (unpaired) electrons. The van der Waals surface area contributed by atoms with Crippen LogP contribution in [-0.4, -0.2) is 45.6 Å². The molecule has 7 heteroatoms. The number of fused-ring (bicyclic) bond motifs is 2. The molecular weight excluding hydrogens is 386 g/mol. The molecule has 3 heterocycles. The van der Waals surface area contributed by atoms with Crippen LogP contribution in [0, 0.1) is 11.8 Å². The minimum absolute atomic E-state index is 0.00691. The number of para-hydroxylation sites is 1. The molecule has 3 aliphatic rings. The normalized spacial score (nSPS) is 27.1. The Labute approximate surface area is 173 Å². The van der Waals surface area contributed by atoms with Gasteiger partial charge in [0.2, 0.25) is 17.7 Å². The monoisotopic (exact) mass is 411 g/mol. The Balaban J connectivity index is 1.26. The first kappa shape index (κ1) is 18.7. The van der Waals surface area contributed by atoms with Gasteiger partial charge in [0.05, 0.1) is 28.1 Å². The molecule has 2 aliphatic heterocycles. The summed E-state index contributed by atoms with van der Waals surface area (Å²) in [7, 11) is 0. The number of aromatic nitrogens is 1. The van der Waals surface area contributed by atoms with Gasteiger partial charge in [-0.05, 0) is 37.8 Å². The fourth-order valence-electron chi connectivity index (χ4n) is 5.16. The van der Waals surface area contributed by atoms with Crippen molar-refractivity contribution in [2.24, 2.45) is 11.8 Å². The van der Waals surface area contributed by atoms with Gasteiger partial charge in [-0.25, -0.2) is 4.98 Å². The van der Waals surface area contributed by atoms with Gasteiger partial charge >= 0.3 is 0 Å². The van der Waals surface area contributed by atoms with Gasteiger partial charge in [-0.2, -0.15) is 0 Å². The molecule has 3 atom stereocenters. The molecule has 2 saturated heterocycles. The number of hydrogen-bond donors (Lipinski definition) is 0. The summed E-state index contributed by atoms with van der Waals surface area (Å²) in [5.74, 6) is -0.391. The molecule has 6 nitrogen and oxygen atoms in total. The van der Waals surface area contributed by atoms with Gasteiger partial charge in [0, 0.05) is 19.5 Å². The molecule has 1 aromatic heterocycles. The number of rotatable bonds is 4. The van der Waals surface area contributed by atoms with Crippen molar-refractivity contribution in [1.82, 2.24) is 14.8 Å². The minimum Gasteiger partial charge on any atom is -0.333 e. The van der Waals surface area contributed by atoms with E-state index in [1.54, 1.807) is 11.3 Å². The molecule has 0 spiro atoms. The Morgan fingerprint density at radius 2 is 1.76 bits per heavy atom. The van der Waals surface area contributed by atoms with Gasteiger partial charge < -0.3 is 4.90 Å². The van der Waals surface area contributed by atoms with Crippen LogP contribution in [0.1, 0.15) is 56.0 Å². The van der Waals surface area contributed by atoms with Crippen molar-refractivity contribution in [1.29, 1.82) is 0 Å². The molecule has 0 N–H and O–H groups in total. The molecule has 3 fully saturated rings. The third-order valence-electron chi connectivity index (χ3n) is 6.65. The van der Waals surface area contributed by atoms with E-state index in [1.807, 2.05) is 23.1 Å². The number of benzene rings is 1. The summed E-state index contributed by atoms with van der Waals surface area (Å²) in [6, 6.07) is 8.05. The molecule has 152 valence electrons. The van der Waals surface area contributed by atoms with Crippen molar-refractivity contribution in [2.75, 3.05) is 13.1 Å². The molecule has 2 aromatic rings. The topological polar surface area (TPSA) is 70.6 Å². The SMILES string of the molecule is O=C1[C@@H]2CCCC[C@H]2C(=O)N1CCC(=O)N1CCC[C@@H]1c1nc2ccccc2s1. The smallest absolute Gasteiger partial charge is 0.233 e. The summed E-state index contributed by atoms with van der Waals surface area (Å²) in [6.45, 7) is 0.930. The van der Waals surface area contributed by atoms with Crippen LogP contribution in [0.4, 0.5) is 0 Å². The predicted molar refractivity (Wildman–Crippen MR) is 110 cm³/mol. The average molecular weight is 412 g/mol. The van der Waals surface area contributed by atoms with E-state index in [2.05, 4.69) is 6.07 Å². The summed E-state index contributed by atoms with van der Waals surface area (Å²) in [5, 5.41) is 0.983. The molecule has 29 heavy (non-hydrogen) atoms. The number of hydrogen-bond acceptors (Lipinski definition) is 5. The number of thiazole rings is 1. The van der Waals surface area contributed by atoms with E-state index in [0.717, 1.165) is 53.7 Å². The van der Waals surface area contributed by atoms with Crippen molar-refractivity contribution >= 4 is 39.3 Å². The Morgan fingerprint density at radius 1 is 1.03 bits per heavy atom. The molecule has 1 saturated carbocycles. The minimum atomic E-state index is -0.145. The summed E-state index contributed by atoms with van der Waals surface area (Å²) in [6.07, 6.45) is 5.74. The fourth-order valence-corrected chi connectivity index (χ4v) is 6.27. The van der Waals surface area contributed by atoms with Gasteiger partial charge in [-0.3, -0.25) is 19.3 Å². The Hall–Kier alpha value is -2.28. The summed E-state index contributed by atoms with van der Waals surface area (Å²) in [4.78, 5) is 46.3. The lowest BCUT2D eigenvalue weighted by molar-refractivity contribution is -0.141. The van der Waals surface area contributed by atoms with Crippen molar-refractivity contribution in [3.8, 4) is 0 Å².